The van der Waals surface area contributed by atoms with E-state index in [-0.39, 0.29) is 0 Å². The quantitative estimate of drug-likeness (QED) is 0.677. The molecule has 0 aromatic carbocycles. The maximum Gasteiger partial charge on any atom is 0.0741 e. The Kier molecular flexibility index (Phi) is 5.63. The van der Waals surface area contributed by atoms with E-state index >= 15 is 0 Å². The van der Waals surface area contributed by atoms with Gasteiger partial charge in [0.25, 0.3) is 0 Å². The fourth-order valence-electron chi connectivity index (χ4n) is 3.24. The molecule has 1 aliphatic heterocycles. The molecule has 4 rings (SSSR count). The highest BCUT2D eigenvalue weighted by atomic mass is 15.8. The summed E-state index contributed by atoms with van der Waals surface area (Å²) in [5.74, 6) is 0.399. The first-order chi connectivity index (χ1) is 13.3. The average Bonchev–Trinajstić information content (AvgIpc) is 2.70. The van der Waals surface area contributed by atoms with Crippen LogP contribution in [0.4, 0.5) is 0 Å². The van der Waals surface area contributed by atoms with Gasteiger partial charge in [0.2, 0.25) is 0 Å². The van der Waals surface area contributed by atoms with Crippen molar-refractivity contribution in [2.45, 2.75) is 19.5 Å². The lowest BCUT2D eigenvalue weighted by molar-refractivity contribution is -0.0554. The molecule has 0 radical (unpaired) electrons. The summed E-state index contributed by atoms with van der Waals surface area (Å²) in [5.41, 5.74) is 6.31. The first-order valence-corrected chi connectivity index (χ1v) is 8.86. The number of hydrogen-bond acceptors (Lipinski definition) is 9. The van der Waals surface area contributed by atoms with E-state index in [1.54, 1.807) is 49.6 Å². The summed E-state index contributed by atoms with van der Waals surface area (Å²) in [6, 6.07) is 0. The SMILES string of the molecule is c1cnc(CC2CN(Cc3cnccn3)NN(Cc3cnccn3)C2)cn1. The van der Waals surface area contributed by atoms with Crippen molar-refractivity contribution >= 4 is 0 Å². The van der Waals surface area contributed by atoms with Crippen LogP contribution in [0, 0.1) is 5.92 Å². The second kappa shape index (κ2) is 8.67. The van der Waals surface area contributed by atoms with Crippen LogP contribution < -0.4 is 5.53 Å². The van der Waals surface area contributed by atoms with E-state index in [9.17, 15) is 0 Å². The Labute approximate surface area is 157 Å². The van der Waals surface area contributed by atoms with Gasteiger partial charge in [-0.1, -0.05) is 0 Å². The van der Waals surface area contributed by atoms with Gasteiger partial charge in [0.15, 0.2) is 0 Å². The molecule has 1 fully saturated rings. The van der Waals surface area contributed by atoms with Crippen molar-refractivity contribution in [3.63, 3.8) is 0 Å². The Hall–Kier alpha value is -2.88. The zero-order chi connectivity index (χ0) is 18.3. The molecule has 0 spiro atoms. The lowest BCUT2D eigenvalue weighted by atomic mass is 10.0. The third kappa shape index (κ3) is 5.07. The predicted octanol–water partition coefficient (Wildman–Crippen LogP) is 0.653. The van der Waals surface area contributed by atoms with E-state index in [0.29, 0.717) is 19.0 Å². The second-order valence-corrected chi connectivity index (χ2v) is 6.52. The van der Waals surface area contributed by atoms with Crippen molar-refractivity contribution in [1.82, 2.24) is 45.5 Å². The minimum atomic E-state index is 0.399. The molecule has 3 aromatic rings. The number of rotatable bonds is 6. The summed E-state index contributed by atoms with van der Waals surface area (Å²) in [5, 5.41) is 4.32. The number of hydrogen-bond donors (Lipinski definition) is 1. The fraction of sp³-hybridized carbons (Fsp3) is 0.333. The van der Waals surface area contributed by atoms with Crippen LogP contribution in [0.2, 0.25) is 0 Å². The van der Waals surface area contributed by atoms with Gasteiger partial charge in [-0.25, -0.2) is 10.0 Å². The minimum Gasteiger partial charge on any atom is -0.261 e. The van der Waals surface area contributed by atoms with Gasteiger partial charge in [-0.05, 0) is 12.3 Å². The molecule has 3 aromatic heterocycles. The maximum atomic E-state index is 4.43. The summed E-state index contributed by atoms with van der Waals surface area (Å²) < 4.78 is 0. The van der Waals surface area contributed by atoms with Crippen LogP contribution in [0.15, 0.2) is 55.8 Å². The van der Waals surface area contributed by atoms with Crippen molar-refractivity contribution in [2.75, 3.05) is 13.1 Å². The van der Waals surface area contributed by atoms with Crippen LogP contribution in [0.25, 0.3) is 0 Å². The van der Waals surface area contributed by atoms with Gasteiger partial charge < -0.3 is 0 Å². The van der Waals surface area contributed by atoms with Gasteiger partial charge in [-0.15, -0.1) is 0 Å². The molecule has 0 atom stereocenters. The summed E-state index contributed by atoms with van der Waals surface area (Å²) >= 11 is 0. The molecule has 1 N–H and O–H groups in total. The number of aromatic nitrogens is 6. The maximum absolute atomic E-state index is 4.43. The molecule has 1 saturated heterocycles. The molecule has 0 bridgehead atoms. The van der Waals surface area contributed by atoms with Gasteiger partial charge in [-0.3, -0.25) is 29.9 Å². The fourth-order valence-corrected chi connectivity index (χ4v) is 3.24. The molecule has 0 amide bonds. The smallest absolute Gasteiger partial charge is 0.0741 e. The molecular formula is C18H21N9. The van der Waals surface area contributed by atoms with Crippen LogP contribution in [-0.4, -0.2) is 53.0 Å². The topological polar surface area (TPSA) is 95.9 Å². The summed E-state index contributed by atoms with van der Waals surface area (Å²) in [6.07, 6.45) is 16.5. The third-order valence-electron chi connectivity index (χ3n) is 4.29. The van der Waals surface area contributed by atoms with Crippen LogP contribution in [0.3, 0.4) is 0 Å². The van der Waals surface area contributed by atoms with Crippen LogP contribution >= 0.6 is 0 Å². The molecule has 0 aliphatic carbocycles. The Balaban J connectivity index is 1.47. The average molecular weight is 363 g/mol. The Morgan fingerprint density at radius 2 is 1.19 bits per heavy atom. The molecule has 9 heteroatoms. The van der Waals surface area contributed by atoms with Gasteiger partial charge in [0.1, 0.15) is 0 Å². The van der Waals surface area contributed by atoms with Crippen LogP contribution in [0.1, 0.15) is 17.1 Å². The first kappa shape index (κ1) is 17.5. The lowest BCUT2D eigenvalue weighted by Crippen LogP contribution is -2.58. The zero-order valence-corrected chi connectivity index (χ0v) is 14.9. The van der Waals surface area contributed by atoms with Crippen molar-refractivity contribution in [2.24, 2.45) is 5.92 Å². The highest BCUT2D eigenvalue weighted by Crippen LogP contribution is 2.16. The molecular weight excluding hydrogens is 342 g/mol. The van der Waals surface area contributed by atoms with Gasteiger partial charge in [0.05, 0.1) is 30.2 Å². The van der Waals surface area contributed by atoms with Gasteiger partial charge in [0, 0.05) is 68.9 Å². The number of nitrogens with one attached hydrogen (secondary N) is 1. The predicted molar refractivity (Wildman–Crippen MR) is 97.2 cm³/mol. The van der Waals surface area contributed by atoms with E-state index in [1.807, 2.05) is 6.20 Å². The first-order valence-electron chi connectivity index (χ1n) is 8.86. The van der Waals surface area contributed by atoms with E-state index in [4.69, 9.17) is 0 Å². The number of hydrazine groups is 2. The van der Waals surface area contributed by atoms with Crippen molar-refractivity contribution in [3.8, 4) is 0 Å². The van der Waals surface area contributed by atoms with E-state index in [1.165, 1.54) is 0 Å². The molecule has 4 heterocycles. The highest BCUT2D eigenvalue weighted by molar-refractivity contribution is 5.00. The van der Waals surface area contributed by atoms with Gasteiger partial charge >= 0.3 is 0 Å². The Bertz CT molecular complexity index is 697. The van der Waals surface area contributed by atoms with Crippen molar-refractivity contribution < 1.29 is 0 Å². The second-order valence-electron chi connectivity index (χ2n) is 6.52. The zero-order valence-electron chi connectivity index (χ0n) is 14.9. The van der Waals surface area contributed by atoms with E-state index in [0.717, 1.165) is 36.6 Å². The molecule has 138 valence electrons. The van der Waals surface area contributed by atoms with E-state index < -0.39 is 0 Å². The Morgan fingerprint density at radius 1 is 0.704 bits per heavy atom. The molecule has 0 unspecified atom stereocenters. The van der Waals surface area contributed by atoms with Crippen LogP contribution in [-0.2, 0) is 19.5 Å². The standard InChI is InChI=1S/C18H21N9/c1-4-22-16(8-19-1)7-15-11-26(13-17-9-20-2-5-23-17)25-27(12-15)14-18-10-21-3-6-24-18/h1-6,8-10,15,25H,7,11-14H2. The largest absolute Gasteiger partial charge is 0.261 e. The molecule has 0 saturated carbocycles. The molecule has 1 aliphatic rings. The molecule has 27 heavy (non-hydrogen) atoms. The van der Waals surface area contributed by atoms with Gasteiger partial charge in [-0.2, -0.15) is 5.53 Å². The third-order valence-corrected chi connectivity index (χ3v) is 4.29. The van der Waals surface area contributed by atoms with Crippen molar-refractivity contribution in [3.05, 3.63) is 72.9 Å². The normalized spacial score (nSPS) is 16.4. The monoisotopic (exact) mass is 363 g/mol. The summed E-state index contributed by atoms with van der Waals surface area (Å²) in [7, 11) is 0. The minimum absolute atomic E-state index is 0.399. The van der Waals surface area contributed by atoms with Crippen LogP contribution in [0.5, 0.6) is 0 Å². The lowest BCUT2D eigenvalue weighted by Gasteiger charge is -2.40. The molecule has 9 nitrogen and oxygen atoms in total. The van der Waals surface area contributed by atoms with Crippen molar-refractivity contribution in [1.29, 1.82) is 0 Å². The highest BCUT2D eigenvalue weighted by Gasteiger charge is 2.26. The Morgan fingerprint density at radius 3 is 1.63 bits per heavy atom. The summed E-state index contributed by atoms with van der Waals surface area (Å²) in [4.78, 5) is 25.7. The summed E-state index contributed by atoms with van der Waals surface area (Å²) in [6.45, 7) is 3.10. The number of nitrogens with zero attached hydrogens (tertiary/aromatic N) is 8. The van der Waals surface area contributed by atoms with E-state index in [2.05, 4.69) is 45.5 Å².